The van der Waals surface area contributed by atoms with Gasteiger partial charge in [0.25, 0.3) is 0 Å². The third-order valence-electron chi connectivity index (χ3n) is 2.71. The Hall–Kier alpha value is -2.70. The molecule has 1 amide bonds. The van der Waals surface area contributed by atoms with E-state index in [0.717, 1.165) is 0 Å². The number of nitrogens with zero attached hydrogens (tertiary/aromatic N) is 2. The fraction of sp³-hybridized carbons (Fsp3) is 0.231. The van der Waals surface area contributed by atoms with Crippen LogP contribution in [0, 0.1) is 12.8 Å². The van der Waals surface area contributed by atoms with Crippen LogP contribution in [-0.4, -0.2) is 27.2 Å². The van der Waals surface area contributed by atoms with Crippen molar-refractivity contribution in [3.05, 3.63) is 30.2 Å². The number of amides is 1. The smallest absolute Gasteiger partial charge is 0.315 e. The van der Waals surface area contributed by atoms with E-state index in [0.29, 0.717) is 17.1 Å². The largest absolute Gasteiger partial charge is 0.481 e. The Kier molecular flexibility index (Phi) is 3.79. The van der Waals surface area contributed by atoms with Crippen molar-refractivity contribution in [2.45, 2.75) is 13.8 Å². The van der Waals surface area contributed by atoms with Gasteiger partial charge in [-0.1, -0.05) is 12.1 Å². The number of carboxylic acids is 1. The van der Waals surface area contributed by atoms with Gasteiger partial charge < -0.3 is 14.8 Å². The number of rotatable bonds is 4. The zero-order valence-electron chi connectivity index (χ0n) is 11.0. The summed E-state index contributed by atoms with van der Waals surface area (Å²) >= 11 is 0. The van der Waals surface area contributed by atoms with E-state index in [1.165, 1.54) is 6.92 Å². The highest BCUT2D eigenvalue weighted by atomic mass is 16.4. The fourth-order valence-corrected chi connectivity index (χ4v) is 1.54. The maximum atomic E-state index is 11.8. The molecule has 1 heterocycles. The Morgan fingerprint density at radius 2 is 2.00 bits per heavy atom. The van der Waals surface area contributed by atoms with Crippen LogP contribution in [-0.2, 0) is 9.59 Å². The molecule has 1 atom stereocenters. The molecule has 0 spiro atoms. The van der Waals surface area contributed by atoms with Gasteiger partial charge in [0.2, 0.25) is 17.7 Å². The summed E-state index contributed by atoms with van der Waals surface area (Å²) in [7, 11) is 0. The van der Waals surface area contributed by atoms with E-state index in [1.807, 2.05) is 0 Å². The van der Waals surface area contributed by atoms with Gasteiger partial charge in [0.05, 0.1) is 11.3 Å². The van der Waals surface area contributed by atoms with Crippen LogP contribution in [0.4, 0.5) is 5.69 Å². The lowest BCUT2D eigenvalue weighted by Gasteiger charge is -2.10. The molecule has 7 nitrogen and oxygen atoms in total. The zero-order valence-corrected chi connectivity index (χ0v) is 11.0. The van der Waals surface area contributed by atoms with Crippen molar-refractivity contribution in [2.24, 2.45) is 5.92 Å². The average molecular weight is 275 g/mol. The average Bonchev–Trinajstić information content (AvgIpc) is 2.84. The third-order valence-corrected chi connectivity index (χ3v) is 2.71. The summed E-state index contributed by atoms with van der Waals surface area (Å²) in [5, 5.41) is 19.0. The van der Waals surface area contributed by atoms with Gasteiger partial charge in [-0.3, -0.25) is 9.59 Å². The molecule has 104 valence electrons. The van der Waals surface area contributed by atoms with Crippen molar-refractivity contribution >= 4 is 17.6 Å². The number of hydrogen-bond donors (Lipinski definition) is 2. The lowest BCUT2D eigenvalue weighted by molar-refractivity contribution is -0.144. The van der Waals surface area contributed by atoms with Gasteiger partial charge >= 0.3 is 5.97 Å². The molecule has 0 aliphatic heterocycles. The minimum Gasteiger partial charge on any atom is -0.481 e. The topological polar surface area (TPSA) is 105 Å². The molecule has 0 fully saturated rings. The molecule has 7 heteroatoms. The van der Waals surface area contributed by atoms with Crippen molar-refractivity contribution in [1.29, 1.82) is 0 Å². The summed E-state index contributed by atoms with van der Waals surface area (Å²) in [5.41, 5.74) is 0.966. The van der Waals surface area contributed by atoms with Gasteiger partial charge in [-0.2, -0.15) is 0 Å². The van der Waals surface area contributed by atoms with Crippen LogP contribution in [0.1, 0.15) is 12.8 Å². The molecule has 0 aliphatic carbocycles. The molecule has 1 aromatic carbocycles. The van der Waals surface area contributed by atoms with Gasteiger partial charge in [-0.25, -0.2) is 0 Å². The number of para-hydroxylation sites is 1. The van der Waals surface area contributed by atoms with Crippen LogP contribution in [0.5, 0.6) is 0 Å². The van der Waals surface area contributed by atoms with Crippen LogP contribution in [0.2, 0.25) is 0 Å². The van der Waals surface area contributed by atoms with Crippen molar-refractivity contribution in [1.82, 2.24) is 10.2 Å². The van der Waals surface area contributed by atoms with E-state index in [2.05, 4.69) is 15.5 Å². The lowest BCUT2D eigenvalue weighted by atomic mass is 10.1. The first kappa shape index (κ1) is 13.7. The quantitative estimate of drug-likeness (QED) is 0.823. The molecule has 0 radical (unpaired) electrons. The summed E-state index contributed by atoms with van der Waals surface area (Å²) in [5.74, 6) is -2.27. The third kappa shape index (κ3) is 2.82. The molecule has 20 heavy (non-hydrogen) atoms. The summed E-state index contributed by atoms with van der Waals surface area (Å²) < 4.78 is 5.31. The van der Waals surface area contributed by atoms with E-state index in [-0.39, 0.29) is 5.89 Å². The number of nitrogens with one attached hydrogen (secondary N) is 1. The number of carboxylic acid groups (broad SMARTS) is 1. The molecular formula is C13H13N3O4. The number of carbonyl (C=O) groups excluding carboxylic acids is 1. The number of carbonyl (C=O) groups is 2. The molecule has 0 aliphatic rings. The second-order valence-corrected chi connectivity index (χ2v) is 4.22. The molecule has 2 rings (SSSR count). The predicted octanol–water partition coefficient (Wildman–Crippen LogP) is 1.70. The highest BCUT2D eigenvalue weighted by Crippen LogP contribution is 2.26. The second-order valence-electron chi connectivity index (χ2n) is 4.22. The first-order chi connectivity index (χ1) is 9.49. The van der Waals surface area contributed by atoms with Gasteiger partial charge in [0.15, 0.2) is 0 Å². The molecule has 2 aromatic rings. The summed E-state index contributed by atoms with van der Waals surface area (Å²) in [6.45, 7) is 2.97. The monoisotopic (exact) mass is 275 g/mol. The van der Waals surface area contributed by atoms with Gasteiger partial charge in [-0.05, 0) is 19.1 Å². The van der Waals surface area contributed by atoms with Crippen LogP contribution in [0.25, 0.3) is 11.5 Å². The minimum absolute atomic E-state index is 0.265. The van der Waals surface area contributed by atoms with Crippen molar-refractivity contribution in [2.75, 3.05) is 5.32 Å². The lowest BCUT2D eigenvalue weighted by Crippen LogP contribution is -2.27. The molecule has 0 saturated heterocycles. The van der Waals surface area contributed by atoms with E-state index in [4.69, 9.17) is 9.52 Å². The van der Waals surface area contributed by atoms with Crippen molar-refractivity contribution < 1.29 is 19.1 Å². The fourth-order valence-electron chi connectivity index (χ4n) is 1.54. The Morgan fingerprint density at radius 1 is 1.30 bits per heavy atom. The van der Waals surface area contributed by atoms with Crippen LogP contribution < -0.4 is 5.32 Å². The van der Waals surface area contributed by atoms with Gasteiger partial charge in [0.1, 0.15) is 5.92 Å². The van der Waals surface area contributed by atoms with E-state index in [1.54, 1.807) is 31.2 Å². The Morgan fingerprint density at radius 3 is 2.60 bits per heavy atom. The first-order valence-corrected chi connectivity index (χ1v) is 5.92. The Balaban J connectivity index is 2.29. The molecule has 0 saturated carbocycles. The van der Waals surface area contributed by atoms with Crippen LogP contribution in [0.15, 0.2) is 28.7 Å². The zero-order chi connectivity index (χ0) is 14.7. The molecular weight excluding hydrogens is 262 g/mol. The number of aliphatic carboxylic acids is 1. The van der Waals surface area contributed by atoms with Crippen molar-refractivity contribution in [3.63, 3.8) is 0 Å². The highest BCUT2D eigenvalue weighted by Gasteiger charge is 2.22. The summed E-state index contributed by atoms with van der Waals surface area (Å²) in [4.78, 5) is 22.6. The van der Waals surface area contributed by atoms with E-state index >= 15 is 0 Å². The second kappa shape index (κ2) is 5.52. The Labute approximate surface area is 114 Å². The molecule has 2 N–H and O–H groups in total. The normalized spacial score (nSPS) is 11.9. The Bertz CT molecular complexity index is 651. The number of benzene rings is 1. The molecule has 1 unspecified atom stereocenters. The maximum Gasteiger partial charge on any atom is 0.315 e. The highest BCUT2D eigenvalue weighted by molar-refractivity contribution is 6.05. The predicted molar refractivity (Wildman–Crippen MR) is 69.9 cm³/mol. The number of aryl methyl sites for hydroxylation is 1. The van der Waals surface area contributed by atoms with Crippen molar-refractivity contribution in [3.8, 4) is 11.5 Å². The molecule has 1 aromatic heterocycles. The van der Waals surface area contributed by atoms with Gasteiger partial charge in [-0.15, -0.1) is 10.2 Å². The van der Waals surface area contributed by atoms with E-state index < -0.39 is 17.8 Å². The standard InChI is InChI=1S/C13H13N3O4/c1-7(13(18)19)11(17)14-10-6-4-3-5-9(10)12-16-15-8(2)20-12/h3-7H,1-2H3,(H,14,17)(H,18,19). The van der Waals surface area contributed by atoms with Crippen LogP contribution >= 0.6 is 0 Å². The number of aromatic nitrogens is 2. The minimum atomic E-state index is -1.19. The summed E-state index contributed by atoms with van der Waals surface area (Å²) in [6, 6.07) is 6.81. The van der Waals surface area contributed by atoms with Gasteiger partial charge in [0, 0.05) is 6.92 Å². The van der Waals surface area contributed by atoms with E-state index in [9.17, 15) is 9.59 Å². The first-order valence-electron chi connectivity index (χ1n) is 5.92. The number of hydrogen-bond acceptors (Lipinski definition) is 5. The molecule has 0 bridgehead atoms. The maximum absolute atomic E-state index is 11.8. The SMILES string of the molecule is Cc1nnc(-c2ccccc2NC(=O)C(C)C(=O)O)o1. The summed E-state index contributed by atoms with van der Waals surface area (Å²) in [6.07, 6.45) is 0. The number of anilines is 1. The van der Waals surface area contributed by atoms with Crippen LogP contribution in [0.3, 0.4) is 0 Å².